The number of benzene rings is 1. The molecule has 2 nitrogen and oxygen atoms in total. The Morgan fingerprint density at radius 1 is 1.16 bits per heavy atom. The number of hydrogen-bond acceptors (Lipinski definition) is 2. The standard InChI is InChI=1S/C17H24N2/c1-4-11-19-17(13(3)5-2)15-10-12-18-16-9-7-6-8-14(15)16/h6-10,12-13,17,19H,4-5,11H2,1-3H3. The van der Waals surface area contributed by atoms with Crippen molar-refractivity contribution in [1.82, 2.24) is 10.3 Å². The summed E-state index contributed by atoms with van der Waals surface area (Å²) in [4.78, 5) is 4.46. The number of aromatic nitrogens is 1. The minimum atomic E-state index is 0.415. The average Bonchev–Trinajstić information content (AvgIpc) is 2.47. The number of nitrogens with zero attached hydrogens (tertiary/aromatic N) is 1. The Labute approximate surface area is 116 Å². The lowest BCUT2D eigenvalue weighted by Crippen LogP contribution is -2.27. The lowest BCUT2D eigenvalue weighted by Gasteiger charge is -2.26. The van der Waals surface area contributed by atoms with Crippen molar-refractivity contribution in [2.24, 2.45) is 5.92 Å². The molecule has 0 spiro atoms. The van der Waals surface area contributed by atoms with Crippen molar-refractivity contribution >= 4 is 10.9 Å². The van der Waals surface area contributed by atoms with E-state index < -0.39 is 0 Å². The maximum Gasteiger partial charge on any atom is 0.0705 e. The third-order valence-electron chi connectivity index (χ3n) is 3.85. The van der Waals surface area contributed by atoms with Gasteiger partial charge >= 0.3 is 0 Å². The van der Waals surface area contributed by atoms with E-state index in [4.69, 9.17) is 0 Å². The molecule has 0 bridgehead atoms. The van der Waals surface area contributed by atoms with E-state index in [0.29, 0.717) is 12.0 Å². The molecule has 1 N–H and O–H groups in total. The average molecular weight is 256 g/mol. The zero-order valence-electron chi connectivity index (χ0n) is 12.2. The van der Waals surface area contributed by atoms with Gasteiger partial charge in [-0.05, 0) is 36.6 Å². The summed E-state index contributed by atoms with van der Waals surface area (Å²) in [5, 5.41) is 4.98. The predicted molar refractivity (Wildman–Crippen MR) is 82.2 cm³/mol. The number of hydrogen-bond donors (Lipinski definition) is 1. The van der Waals surface area contributed by atoms with Gasteiger partial charge in [0.2, 0.25) is 0 Å². The molecule has 1 heterocycles. The summed E-state index contributed by atoms with van der Waals surface area (Å²) >= 11 is 0. The second-order valence-electron chi connectivity index (χ2n) is 5.23. The maximum absolute atomic E-state index is 4.46. The van der Waals surface area contributed by atoms with Crippen LogP contribution in [0.5, 0.6) is 0 Å². The highest BCUT2D eigenvalue weighted by Crippen LogP contribution is 2.29. The van der Waals surface area contributed by atoms with Gasteiger partial charge in [-0.1, -0.05) is 45.4 Å². The molecule has 19 heavy (non-hydrogen) atoms. The molecule has 102 valence electrons. The normalized spacial score (nSPS) is 14.5. The first-order valence-corrected chi connectivity index (χ1v) is 7.35. The lowest BCUT2D eigenvalue weighted by atomic mass is 9.90. The Morgan fingerprint density at radius 2 is 1.95 bits per heavy atom. The van der Waals surface area contributed by atoms with Crippen LogP contribution in [0.1, 0.15) is 45.2 Å². The Kier molecular flexibility index (Phi) is 4.92. The summed E-state index contributed by atoms with van der Waals surface area (Å²) in [7, 11) is 0. The van der Waals surface area contributed by atoms with Gasteiger partial charge in [0, 0.05) is 17.6 Å². The van der Waals surface area contributed by atoms with Crippen LogP contribution < -0.4 is 5.32 Å². The molecular formula is C17H24N2. The van der Waals surface area contributed by atoms with Gasteiger partial charge in [0.05, 0.1) is 5.52 Å². The SMILES string of the molecule is CCCNC(c1ccnc2ccccc12)C(C)CC. The van der Waals surface area contributed by atoms with Gasteiger partial charge in [-0.2, -0.15) is 0 Å². The van der Waals surface area contributed by atoms with Crippen LogP contribution in [0.4, 0.5) is 0 Å². The Hall–Kier alpha value is -1.41. The van der Waals surface area contributed by atoms with Crippen LogP contribution >= 0.6 is 0 Å². The molecular weight excluding hydrogens is 232 g/mol. The second-order valence-corrected chi connectivity index (χ2v) is 5.23. The number of para-hydroxylation sites is 1. The molecule has 0 aliphatic carbocycles. The molecule has 2 unspecified atom stereocenters. The highest BCUT2D eigenvalue weighted by molar-refractivity contribution is 5.82. The number of pyridine rings is 1. The maximum atomic E-state index is 4.46. The van der Waals surface area contributed by atoms with Crippen molar-refractivity contribution in [3.63, 3.8) is 0 Å². The van der Waals surface area contributed by atoms with E-state index in [1.54, 1.807) is 0 Å². The summed E-state index contributed by atoms with van der Waals surface area (Å²) in [5.74, 6) is 0.623. The number of nitrogens with one attached hydrogen (secondary N) is 1. The number of fused-ring (bicyclic) bond motifs is 1. The molecule has 0 aliphatic heterocycles. The molecule has 2 aromatic rings. The number of rotatable bonds is 6. The summed E-state index contributed by atoms with van der Waals surface area (Å²) in [6, 6.07) is 11.0. The fraction of sp³-hybridized carbons (Fsp3) is 0.471. The van der Waals surface area contributed by atoms with E-state index in [0.717, 1.165) is 18.5 Å². The molecule has 2 heteroatoms. The first kappa shape index (κ1) is 14.0. The molecule has 0 amide bonds. The molecule has 0 saturated heterocycles. The van der Waals surface area contributed by atoms with Crippen molar-refractivity contribution in [2.45, 2.75) is 39.7 Å². The van der Waals surface area contributed by atoms with Gasteiger partial charge in [-0.25, -0.2) is 0 Å². The Balaban J connectivity index is 2.43. The quantitative estimate of drug-likeness (QED) is 0.832. The topological polar surface area (TPSA) is 24.9 Å². The van der Waals surface area contributed by atoms with Crippen LogP contribution in [0, 0.1) is 5.92 Å². The van der Waals surface area contributed by atoms with Gasteiger partial charge in [-0.3, -0.25) is 4.98 Å². The molecule has 2 rings (SSSR count). The summed E-state index contributed by atoms with van der Waals surface area (Å²) in [6.45, 7) is 7.86. The van der Waals surface area contributed by atoms with E-state index >= 15 is 0 Å². The van der Waals surface area contributed by atoms with E-state index in [-0.39, 0.29) is 0 Å². The van der Waals surface area contributed by atoms with Crippen molar-refractivity contribution in [3.8, 4) is 0 Å². The van der Waals surface area contributed by atoms with Crippen LogP contribution in [0.3, 0.4) is 0 Å². The minimum Gasteiger partial charge on any atom is -0.310 e. The van der Waals surface area contributed by atoms with Crippen LogP contribution in [0.25, 0.3) is 10.9 Å². The fourth-order valence-electron chi connectivity index (χ4n) is 2.54. The van der Waals surface area contributed by atoms with Crippen molar-refractivity contribution in [1.29, 1.82) is 0 Å². The van der Waals surface area contributed by atoms with E-state index in [9.17, 15) is 0 Å². The molecule has 0 aliphatic rings. The van der Waals surface area contributed by atoms with E-state index in [1.165, 1.54) is 17.4 Å². The first-order chi connectivity index (χ1) is 9.27. The third kappa shape index (κ3) is 3.13. The zero-order chi connectivity index (χ0) is 13.7. The fourth-order valence-corrected chi connectivity index (χ4v) is 2.54. The minimum absolute atomic E-state index is 0.415. The van der Waals surface area contributed by atoms with Crippen LogP contribution in [-0.2, 0) is 0 Å². The molecule has 1 aromatic heterocycles. The first-order valence-electron chi connectivity index (χ1n) is 7.35. The van der Waals surface area contributed by atoms with Gasteiger partial charge in [-0.15, -0.1) is 0 Å². The zero-order valence-corrected chi connectivity index (χ0v) is 12.2. The van der Waals surface area contributed by atoms with E-state index in [2.05, 4.69) is 61.4 Å². The summed E-state index contributed by atoms with van der Waals surface area (Å²) in [5.41, 5.74) is 2.47. The largest absolute Gasteiger partial charge is 0.310 e. The third-order valence-corrected chi connectivity index (χ3v) is 3.85. The molecule has 0 fully saturated rings. The van der Waals surface area contributed by atoms with Gasteiger partial charge < -0.3 is 5.32 Å². The van der Waals surface area contributed by atoms with E-state index in [1.807, 2.05) is 6.20 Å². The van der Waals surface area contributed by atoms with Crippen molar-refractivity contribution in [2.75, 3.05) is 6.54 Å². The van der Waals surface area contributed by atoms with Crippen LogP contribution in [0.2, 0.25) is 0 Å². The van der Waals surface area contributed by atoms with Crippen LogP contribution in [-0.4, -0.2) is 11.5 Å². The predicted octanol–water partition coefficient (Wildman–Crippen LogP) is 4.32. The Bertz CT molecular complexity index is 516. The molecule has 0 radical (unpaired) electrons. The van der Waals surface area contributed by atoms with Gasteiger partial charge in [0.1, 0.15) is 0 Å². The van der Waals surface area contributed by atoms with Crippen molar-refractivity contribution in [3.05, 3.63) is 42.1 Å². The smallest absolute Gasteiger partial charge is 0.0705 e. The van der Waals surface area contributed by atoms with Gasteiger partial charge in [0.25, 0.3) is 0 Å². The van der Waals surface area contributed by atoms with Crippen LogP contribution in [0.15, 0.2) is 36.5 Å². The highest BCUT2D eigenvalue weighted by atomic mass is 14.9. The monoisotopic (exact) mass is 256 g/mol. The summed E-state index contributed by atoms with van der Waals surface area (Å²) in [6.07, 6.45) is 4.27. The summed E-state index contributed by atoms with van der Waals surface area (Å²) < 4.78 is 0. The second kappa shape index (κ2) is 6.67. The van der Waals surface area contributed by atoms with Crippen molar-refractivity contribution < 1.29 is 0 Å². The Morgan fingerprint density at radius 3 is 2.68 bits per heavy atom. The van der Waals surface area contributed by atoms with Gasteiger partial charge in [0.15, 0.2) is 0 Å². The molecule has 2 atom stereocenters. The highest BCUT2D eigenvalue weighted by Gasteiger charge is 2.19. The molecule has 1 aromatic carbocycles. The molecule has 0 saturated carbocycles. The lowest BCUT2D eigenvalue weighted by molar-refractivity contribution is 0.379.